The van der Waals surface area contributed by atoms with Crippen molar-refractivity contribution in [2.75, 3.05) is 57.9 Å². The van der Waals surface area contributed by atoms with E-state index in [2.05, 4.69) is 47.1 Å². The molecule has 2 saturated heterocycles. The topological polar surface area (TPSA) is 122 Å². The van der Waals surface area contributed by atoms with Crippen LogP contribution in [0.15, 0.2) is 36.8 Å². The first-order valence-corrected chi connectivity index (χ1v) is 15.4. The maximum atomic E-state index is 13.1. The smallest absolute Gasteiger partial charge is 0.236 e. The standard InChI is InChI=1S/C28H34N6O5S/c1-18(2)26-21-12-19(24-15-33(6-9-39-24)25(35)16-32-7-10-40(36,37)11-8-32)4-5-22(21)31-27(26)20-13-23(38-3)28-29-17-30-34(28)14-20/h4-5,12-14,17-18,24,31H,6-11,15-16H2,1-3H3. The Kier molecular flexibility index (Phi) is 7.01. The van der Waals surface area contributed by atoms with E-state index in [1.807, 2.05) is 22.1 Å². The number of aromatic amines is 1. The molecule has 0 aliphatic carbocycles. The molecule has 1 unspecified atom stereocenters. The van der Waals surface area contributed by atoms with Gasteiger partial charge in [-0.25, -0.2) is 17.9 Å². The first-order chi connectivity index (χ1) is 19.2. The van der Waals surface area contributed by atoms with Crippen LogP contribution in [-0.4, -0.2) is 102 Å². The summed E-state index contributed by atoms with van der Waals surface area (Å²) >= 11 is 0. The number of fused-ring (bicyclic) bond motifs is 2. The molecule has 6 rings (SSSR count). The number of sulfone groups is 1. The molecule has 0 bridgehead atoms. The third-order valence-electron chi connectivity index (χ3n) is 7.88. The van der Waals surface area contributed by atoms with Crippen molar-refractivity contribution >= 4 is 32.3 Å². The minimum absolute atomic E-state index is 0.0120. The van der Waals surface area contributed by atoms with Gasteiger partial charge in [-0.15, -0.1) is 0 Å². The molecule has 2 fully saturated rings. The van der Waals surface area contributed by atoms with Crippen LogP contribution in [0.4, 0.5) is 0 Å². The van der Waals surface area contributed by atoms with Crippen LogP contribution >= 0.6 is 0 Å². The van der Waals surface area contributed by atoms with E-state index in [0.29, 0.717) is 44.2 Å². The Morgan fingerprint density at radius 2 is 2.00 bits per heavy atom. The molecule has 1 aromatic carbocycles. The van der Waals surface area contributed by atoms with Crippen LogP contribution in [0.3, 0.4) is 0 Å². The van der Waals surface area contributed by atoms with Crippen LogP contribution in [0, 0.1) is 0 Å². The quantitative estimate of drug-likeness (QED) is 0.378. The Morgan fingerprint density at radius 3 is 2.75 bits per heavy atom. The van der Waals surface area contributed by atoms with Crippen molar-refractivity contribution in [3.8, 4) is 17.0 Å². The van der Waals surface area contributed by atoms with E-state index in [9.17, 15) is 13.2 Å². The number of ether oxygens (including phenoxy) is 2. The van der Waals surface area contributed by atoms with E-state index in [4.69, 9.17) is 9.47 Å². The lowest BCUT2D eigenvalue weighted by Gasteiger charge is -2.35. The number of hydrogen-bond acceptors (Lipinski definition) is 8. The largest absolute Gasteiger partial charge is 0.493 e. The average molecular weight is 567 g/mol. The van der Waals surface area contributed by atoms with Crippen LogP contribution in [-0.2, 0) is 19.4 Å². The zero-order chi connectivity index (χ0) is 28.0. The second-order valence-corrected chi connectivity index (χ2v) is 13.1. The maximum Gasteiger partial charge on any atom is 0.236 e. The van der Waals surface area contributed by atoms with Gasteiger partial charge < -0.3 is 19.4 Å². The second kappa shape index (κ2) is 10.5. The normalized spacial score (nSPS) is 20.0. The Labute approximate surface area is 233 Å². The van der Waals surface area contributed by atoms with Gasteiger partial charge in [0.25, 0.3) is 0 Å². The third kappa shape index (κ3) is 5.06. The molecule has 12 heteroatoms. The third-order valence-corrected chi connectivity index (χ3v) is 9.49. The molecular weight excluding hydrogens is 532 g/mol. The summed E-state index contributed by atoms with van der Waals surface area (Å²) in [5.74, 6) is 1.12. The minimum atomic E-state index is -2.98. The molecule has 5 heterocycles. The number of benzene rings is 1. The Bertz CT molecular complexity index is 1660. The maximum absolute atomic E-state index is 13.1. The summed E-state index contributed by atoms with van der Waals surface area (Å²) in [7, 11) is -1.35. The molecule has 0 radical (unpaired) electrons. The Balaban J connectivity index is 1.27. The molecular formula is C28H34N6O5S. The molecule has 4 aromatic rings. The number of carbonyl (C=O) groups is 1. The van der Waals surface area contributed by atoms with Crippen LogP contribution in [0.2, 0.25) is 0 Å². The number of hydrogen-bond donors (Lipinski definition) is 1. The number of carbonyl (C=O) groups excluding carboxylic acids is 1. The summed E-state index contributed by atoms with van der Waals surface area (Å²) in [4.78, 5) is 24.8. The van der Waals surface area contributed by atoms with E-state index in [1.54, 1.807) is 11.6 Å². The number of rotatable bonds is 6. The Hall–Kier alpha value is -3.48. The zero-order valence-corrected chi connectivity index (χ0v) is 23.8. The lowest BCUT2D eigenvalue weighted by molar-refractivity contribution is -0.140. The van der Waals surface area contributed by atoms with Gasteiger partial charge in [-0.1, -0.05) is 19.9 Å². The monoisotopic (exact) mass is 566 g/mol. The highest BCUT2D eigenvalue weighted by Gasteiger charge is 2.29. The van der Waals surface area contributed by atoms with Gasteiger partial charge >= 0.3 is 0 Å². The van der Waals surface area contributed by atoms with Gasteiger partial charge in [-0.05, 0) is 35.2 Å². The predicted molar refractivity (Wildman–Crippen MR) is 151 cm³/mol. The van der Waals surface area contributed by atoms with Gasteiger partial charge in [-0.2, -0.15) is 5.10 Å². The molecule has 3 aromatic heterocycles. The Morgan fingerprint density at radius 1 is 1.20 bits per heavy atom. The van der Waals surface area contributed by atoms with Gasteiger partial charge in [0, 0.05) is 42.3 Å². The van der Waals surface area contributed by atoms with Crippen molar-refractivity contribution in [1.29, 1.82) is 0 Å². The highest BCUT2D eigenvalue weighted by atomic mass is 32.2. The molecule has 2 aliphatic rings. The lowest BCUT2D eigenvalue weighted by Crippen LogP contribution is -2.49. The lowest BCUT2D eigenvalue weighted by atomic mass is 9.95. The van der Waals surface area contributed by atoms with Crippen LogP contribution < -0.4 is 4.74 Å². The number of aromatic nitrogens is 4. The molecule has 0 spiro atoms. The van der Waals surface area contributed by atoms with Crippen molar-refractivity contribution in [2.24, 2.45) is 0 Å². The zero-order valence-electron chi connectivity index (χ0n) is 23.0. The summed E-state index contributed by atoms with van der Waals surface area (Å²) in [6.45, 7) is 6.84. The minimum Gasteiger partial charge on any atom is -0.493 e. The van der Waals surface area contributed by atoms with E-state index in [1.165, 1.54) is 11.9 Å². The van der Waals surface area contributed by atoms with Crippen molar-refractivity contribution in [3.05, 3.63) is 47.9 Å². The average Bonchev–Trinajstić information content (AvgIpc) is 3.58. The second-order valence-electron chi connectivity index (χ2n) is 10.8. The van der Waals surface area contributed by atoms with Gasteiger partial charge in [0.2, 0.25) is 5.91 Å². The summed E-state index contributed by atoms with van der Waals surface area (Å²) in [5.41, 5.74) is 5.83. The summed E-state index contributed by atoms with van der Waals surface area (Å²) in [6, 6.07) is 8.28. The number of nitrogens with zero attached hydrogens (tertiary/aromatic N) is 5. The number of methoxy groups -OCH3 is 1. The van der Waals surface area contributed by atoms with Gasteiger partial charge in [0.1, 0.15) is 12.4 Å². The van der Waals surface area contributed by atoms with Crippen LogP contribution in [0.25, 0.3) is 27.8 Å². The van der Waals surface area contributed by atoms with Gasteiger partial charge in [0.15, 0.2) is 21.2 Å². The van der Waals surface area contributed by atoms with Gasteiger partial charge in [0.05, 0.1) is 44.0 Å². The fraction of sp³-hybridized carbons (Fsp3) is 0.464. The molecule has 1 amide bonds. The number of nitrogens with one attached hydrogen (secondary N) is 1. The SMILES string of the molecule is COc1cc(-c2[nH]c3ccc(C4CN(C(=O)CN5CCS(=O)(=O)CC5)CCO4)cc3c2C(C)C)cn2ncnc12. The van der Waals surface area contributed by atoms with Crippen LogP contribution in [0.1, 0.15) is 37.0 Å². The molecule has 2 aliphatic heterocycles. The molecule has 0 saturated carbocycles. The number of amides is 1. The van der Waals surface area contributed by atoms with E-state index in [-0.39, 0.29) is 36.0 Å². The number of pyridine rings is 1. The molecule has 1 N–H and O–H groups in total. The molecule has 212 valence electrons. The fourth-order valence-corrected chi connectivity index (χ4v) is 6.99. The van der Waals surface area contributed by atoms with E-state index < -0.39 is 9.84 Å². The highest BCUT2D eigenvalue weighted by Crippen LogP contribution is 2.38. The highest BCUT2D eigenvalue weighted by molar-refractivity contribution is 7.91. The number of H-pyrrole nitrogens is 1. The van der Waals surface area contributed by atoms with E-state index in [0.717, 1.165) is 27.7 Å². The van der Waals surface area contributed by atoms with Crippen molar-refractivity contribution in [1.82, 2.24) is 29.4 Å². The van der Waals surface area contributed by atoms with Gasteiger partial charge in [-0.3, -0.25) is 9.69 Å². The first kappa shape index (κ1) is 26.7. The fourth-order valence-electron chi connectivity index (χ4n) is 5.72. The van der Waals surface area contributed by atoms with Crippen molar-refractivity contribution in [3.63, 3.8) is 0 Å². The summed E-state index contributed by atoms with van der Waals surface area (Å²) in [6.07, 6.45) is 3.22. The summed E-state index contributed by atoms with van der Waals surface area (Å²) in [5, 5.41) is 5.43. The summed E-state index contributed by atoms with van der Waals surface area (Å²) < 4.78 is 36.9. The molecule has 40 heavy (non-hydrogen) atoms. The predicted octanol–water partition coefficient (Wildman–Crippen LogP) is 2.64. The van der Waals surface area contributed by atoms with Crippen LogP contribution in [0.5, 0.6) is 5.75 Å². The molecule has 11 nitrogen and oxygen atoms in total. The molecule has 1 atom stereocenters. The first-order valence-electron chi connectivity index (χ1n) is 13.6. The number of morpholine rings is 1. The van der Waals surface area contributed by atoms with Crippen molar-refractivity contribution < 1.29 is 22.7 Å². The van der Waals surface area contributed by atoms with Crippen molar-refractivity contribution in [2.45, 2.75) is 25.9 Å². The van der Waals surface area contributed by atoms with E-state index >= 15 is 0 Å².